The molecule has 1 aliphatic heterocycles. The Balaban J connectivity index is 2.42. The number of benzene rings is 1. The van der Waals surface area contributed by atoms with Crippen LogP contribution in [0, 0.1) is 23.5 Å². The summed E-state index contributed by atoms with van der Waals surface area (Å²) in [7, 11) is 0. The molecule has 0 bridgehead atoms. The second-order valence-corrected chi connectivity index (χ2v) is 15.9. The molecule has 0 unspecified atom stereocenters. The molecule has 1 aromatic carbocycles. The van der Waals surface area contributed by atoms with Crippen molar-refractivity contribution in [2.75, 3.05) is 19.7 Å². The van der Waals surface area contributed by atoms with Gasteiger partial charge in [-0.25, -0.2) is 13.6 Å². The van der Waals surface area contributed by atoms with Gasteiger partial charge in [0.05, 0.1) is 13.0 Å². The van der Waals surface area contributed by atoms with Gasteiger partial charge >= 0.3 is 5.97 Å². The minimum Gasteiger partial charge on any atom is -0.480 e. The molecule has 0 aromatic heterocycles. The Morgan fingerprint density at radius 1 is 0.790 bits per heavy atom. The average Bonchev–Trinajstić information content (AvgIpc) is 3.68. The number of carboxylic acids is 1. The van der Waals surface area contributed by atoms with Crippen LogP contribution in [0.1, 0.15) is 78.2 Å². The average molecular weight is 882 g/mol. The standard InChI is InChI=1S/C39H61F2N11O10/c1-19(2)13-26(49-35(58)27(14-20(3)4)50-36(59)28(48-32(55)24(42)18-53)16-21-15-22(40)9-10-23(21)41)34(57)47-25(7-5-11-46-39(44)45)33(56)51-29(17-31(43)54)37(60)52-12-6-8-30(52)38(61)62/h9-10,15,19-20,24-30,53H,5-8,11-14,16-18,42H2,1-4H3,(H2,43,54)(H,47,57)(H,48,55)(H,49,58)(H,50,59)(H,51,56)(H,61,62)(H4,44,45,46)/t24-,25-,26-,27-,28-,29-,30-/m0/s1. The Hall–Kier alpha value is -5.97. The van der Waals surface area contributed by atoms with Gasteiger partial charge in [0.25, 0.3) is 0 Å². The van der Waals surface area contributed by atoms with Crippen LogP contribution in [0.25, 0.3) is 0 Å². The second kappa shape index (κ2) is 25.1. The molecule has 1 aromatic rings. The molecule has 0 radical (unpaired) electrons. The van der Waals surface area contributed by atoms with Crippen molar-refractivity contribution in [3.8, 4) is 0 Å². The minimum absolute atomic E-state index is 0.00710. The zero-order valence-corrected chi connectivity index (χ0v) is 35.3. The summed E-state index contributed by atoms with van der Waals surface area (Å²) in [5.74, 6) is -10.2. The Morgan fingerprint density at radius 2 is 1.31 bits per heavy atom. The van der Waals surface area contributed by atoms with Crippen LogP contribution in [0.3, 0.4) is 0 Å². The van der Waals surface area contributed by atoms with Gasteiger partial charge in [0.1, 0.15) is 53.9 Å². The Morgan fingerprint density at radius 3 is 1.82 bits per heavy atom. The predicted molar refractivity (Wildman–Crippen MR) is 220 cm³/mol. The maximum absolute atomic E-state index is 14.7. The lowest BCUT2D eigenvalue weighted by molar-refractivity contribution is -0.149. The number of primary amides is 1. The van der Waals surface area contributed by atoms with Gasteiger partial charge in [-0.2, -0.15) is 0 Å². The number of carbonyl (C=O) groups excluding carboxylic acids is 7. The number of amides is 7. The fourth-order valence-electron chi connectivity index (χ4n) is 6.65. The van der Waals surface area contributed by atoms with Crippen LogP contribution in [0.15, 0.2) is 23.2 Å². The summed E-state index contributed by atoms with van der Waals surface area (Å²) >= 11 is 0. The molecule has 21 nitrogen and oxygen atoms in total. The Labute approximate surface area is 357 Å². The summed E-state index contributed by atoms with van der Waals surface area (Å²) in [5.41, 5.74) is 21.6. The number of rotatable bonds is 25. The van der Waals surface area contributed by atoms with Crippen molar-refractivity contribution < 1.29 is 57.4 Å². The molecule has 15 N–H and O–H groups in total. The van der Waals surface area contributed by atoms with E-state index >= 15 is 0 Å². The summed E-state index contributed by atoms with van der Waals surface area (Å²) in [4.78, 5) is 110. The number of nitrogens with one attached hydrogen (secondary N) is 5. The molecule has 7 amide bonds. The molecule has 346 valence electrons. The fourth-order valence-corrected chi connectivity index (χ4v) is 6.65. The van der Waals surface area contributed by atoms with Crippen molar-refractivity contribution in [2.45, 2.75) is 121 Å². The lowest BCUT2D eigenvalue weighted by Gasteiger charge is -2.29. The molecule has 0 spiro atoms. The SMILES string of the molecule is CC(C)C[C@H](NC(=O)[C@H](CC(C)C)NC(=O)[C@H](Cc1cc(F)ccc1F)NC(=O)[C@@H](N)CO)C(=O)N[C@@H](CCCN=C(N)N)C(=O)N[C@@H](CC(N)=O)C(=O)N1CCC[C@H]1C(=O)O. The number of halogens is 2. The van der Waals surface area contributed by atoms with Crippen LogP contribution >= 0.6 is 0 Å². The number of hydrogen-bond acceptors (Lipinski definition) is 11. The zero-order chi connectivity index (χ0) is 46.8. The van der Waals surface area contributed by atoms with Gasteiger partial charge in [0, 0.05) is 19.5 Å². The summed E-state index contributed by atoms with van der Waals surface area (Å²) in [5, 5.41) is 31.5. The van der Waals surface area contributed by atoms with Gasteiger partial charge in [0.2, 0.25) is 41.4 Å². The van der Waals surface area contributed by atoms with Crippen LogP contribution in [-0.4, -0.2) is 130 Å². The maximum Gasteiger partial charge on any atom is 0.326 e. The minimum atomic E-state index is -1.61. The van der Waals surface area contributed by atoms with Crippen LogP contribution in [0.5, 0.6) is 0 Å². The summed E-state index contributed by atoms with van der Waals surface area (Å²) in [6, 6.07) is -7.49. The molecule has 1 saturated heterocycles. The van der Waals surface area contributed by atoms with E-state index < -0.39 is 121 Å². The van der Waals surface area contributed by atoms with Crippen molar-refractivity contribution in [3.05, 3.63) is 35.4 Å². The molecule has 62 heavy (non-hydrogen) atoms. The van der Waals surface area contributed by atoms with E-state index in [9.17, 15) is 57.4 Å². The number of nitrogens with two attached hydrogens (primary N) is 4. The molecule has 2 rings (SSSR count). The molecule has 7 atom stereocenters. The third-order valence-corrected chi connectivity index (χ3v) is 9.70. The highest BCUT2D eigenvalue weighted by Crippen LogP contribution is 2.20. The normalized spacial score (nSPS) is 16.5. The highest BCUT2D eigenvalue weighted by molar-refractivity contribution is 5.98. The molecule has 0 aliphatic carbocycles. The lowest BCUT2D eigenvalue weighted by atomic mass is 9.98. The van der Waals surface area contributed by atoms with Crippen LogP contribution < -0.4 is 49.5 Å². The van der Waals surface area contributed by atoms with E-state index in [-0.39, 0.29) is 68.6 Å². The number of aliphatic carboxylic acids is 1. The van der Waals surface area contributed by atoms with Gasteiger partial charge in [-0.3, -0.25) is 38.6 Å². The van der Waals surface area contributed by atoms with Gasteiger partial charge in [-0.15, -0.1) is 0 Å². The van der Waals surface area contributed by atoms with Crippen LogP contribution in [0.2, 0.25) is 0 Å². The first kappa shape index (κ1) is 52.2. The number of likely N-dealkylation sites (tertiary alicyclic amines) is 1. The van der Waals surface area contributed by atoms with Gasteiger partial charge in [-0.1, -0.05) is 27.7 Å². The first-order valence-electron chi connectivity index (χ1n) is 20.2. The number of aliphatic hydroxyl groups is 1. The van der Waals surface area contributed by atoms with E-state index in [1.807, 2.05) is 0 Å². The highest BCUT2D eigenvalue weighted by Gasteiger charge is 2.39. The number of carbonyl (C=O) groups is 8. The van der Waals surface area contributed by atoms with Crippen LogP contribution in [0.4, 0.5) is 8.78 Å². The Kier molecular flexibility index (Phi) is 21.1. The van der Waals surface area contributed by atoms with E-state index in [4.69, 9.17) is 22.9 Å². The zero-order valence-electron chi connectivity index (χ0n) is 35.3. The van der Waals surface area contributed by atoms with Crippen molar-refractivity contribution in [1.29, 1.82) is 0 Å². The first-order chi connectivity index (χ1) is 29.0. The van der Waals surface area contributed by atoms with E-state index in [1.54, 1.807) is 27.7 Å². The molecule has 23 heteroatoms. The fraction of sp³-hybridized carbons (Fsp3) is 0.615. The number of aliphatic imine (C=N–C) groups is 1. The lowest BCUT2D eigenvalue weighted by Crippen LogP contribution is -2.60. The maximum atomic E-state index is 14.7. The topological polar surface area (TPSA) is 357 Å². The van der Waals surface area contributed by atoms with Crippen LogP contribution in [-0.2, 0) is 44.8 Å². The summed E-state index contributed by atoms with van der Waals surface area (Å²) in [6.07, 6.45) is -0.770. The molecule has 0 saturated carbocycles. The Bertz CT molecular complexity index is 1800. The van der Waals surface area contributed by atoms with Crippen molar-refractivity contribution in [3.63, 3.8) is 0 Å². The number of guanidine groups is 1. The molecule has 1 heterocycles. The number of carboxylic acid groups (broad SMARTS) is 1. The van der Waals surface area contributed by atoms with E-state index in [0.717, 1.165) is 23.1 Å². The van der Waals surface area contributed by atoms with E-state index in [1.165, 1.54) is 0 Å². The smallest absolute Gasteiger partial charge is 0.326 e. The largest absolute Gasteiger partial charge is 0.480 e. The third kappa shape index (κ3) is 17.2. The van der Waals surface area contributed by atoms with Crippen molar-refractivity contribution in [2.24, 2.45) is 39.8 Å². The molecular weight excluding hydrogens is 820 g/mol. The first-order valence-corrected chi connectivity index (χ1v) is 20.2. The monoisotopic (exact) mass is 881 g/mol. The second-order valence-electron chi connectivity index (χ2n) is 15.9. The summed E-state index contributed by atoms with van der Waals surface area (Å²) in [6.45, 7) is 6.23. The summed E-state index contributed by atoms with van der Waals surface area (Å²) < 4.78 is 28.7. The predicted octanol–water partition coefficient (Wildman–Crippen LogP) is -2.65. The third-order valence-electron chi connectivity index (χ3n) is 9.70. The highest BCUT2D eigenvalue weighted by atomic mass is 19.1. The van der Waals surface area contributed by atoms with Gasteiger partial charge in [0.15, 0.2) is 5.96 Å². The van der Waals surface area contributed by atoms with Crippen molar-refractivity contribution in [1.82, 2.24) is 31.5 Å². The molecule has 1 fully saturated rings. The van der Waals surface area contributed by atoms with Gasteiger partial charge < -0.3 is 64.6 Å². The molecule has 1 aliphatic rings. The number of aliphatic hydroxyl groups excluding tert-OH is 1. The quantitative estimate of drug-likeness (QED) is 0.0272. The van der Waals surface area contributed by atoms with E-state index in [2.05, 4.69) is 31.6 Å². The van der Waals surface area contributed by atoms with Crippen molar-refractivity contribution >= 4 is 53.3 Å². The van der Waals surface area contributed by atoms with Gasteiger partial charge in [-0.05, 0) is 74.1 Å². The number of nitrogens with zero attached hydrogens (tertiary/aromatic N) is 2. The number of hydrogen-bond donors (Lipinski definition) is 11. The molecular formula is C39H61F2N11O10. The van der Waals surface area contributed by atoms with E-state index in [0.29, 0.717) is 6.42 Å².